The van der Waals surface area contributed by atoms with E-state index in [9.17, 15) is 9.59 Å². The molecule has 0 spiro atoms. The van der Waals surface area contributed by atoms with Crippen molar-refractivity contribution >= 4 is 35.0 Å². The monoisotopic (exact) mass is 345 g/mol. The van der Waals surface area contributed by atoms with Gasteiger partial charge in [-0.15, -0.1) is 0 Å². The third-order valence-electron chi connectivity index (χ3n) is 3.60. The van der Waals surface area contributed by atoms with E-state index in [2.05, 4.69) is 16.0 Å². The number of rotatable bonds is 5. The van der Waals surface area contributed by atoms with Gasteiger partial charge in [-0.05, 0) is 36.4 Å². The van der Waals surface area contributed by atoms with Gasteiger partial charge in [0.2, 0.25) is 5.91 Å². The van der Waals surface area contributed by atoms with Crippen LogP contribution in [0.4, 0.5) is 11.4 Å². The minimum Gasteiger partial charge on any atom is -0.459 e. The van der Waals surface area contributed by atoms with E-state index in [1.54, 1.807) is 36.4 Å². The van der Waals surface area contributed by atoms with Crippen molar-refractivity contribution < 1.29 is 14.0 Å². The number of nitrogens with one attached hydrogen (secondary N) is 3. The largest absolute Gasteiger partial charge is 0.459 e. The van der Waals surface area contributed by atoms with Crippen molar-refractivity contribution in [1.82, 2.24) is 5.32 Å². The fraction of sp³-hybridized carbons (Fsp3) is 0.294. The Morgan fingerprint density at radius 2 is 1.92 bits per heavy atom. The highest BCUT2D eigenvalue weighted by Crippen LogP contribution is 2.16. The third-order valence-corrected chi connectivity index (χ3v) is 4.73. The summed E-state index contributed by atoms with van der Waals surface area (Å²) in [5.74, 6) is 2.00. The molecule has 1 aromatic heterocycles. The Balaban J connectivity index is 1.50. The average molecular weight is 345 g/mol. The lowest BCUT2D eigenvalue weighted by Crippen LogP contribution is -2.39. The number of benzene rings is 1. The van der Waals surface area contributed by atoms with Gasteiger partial charge in [0, 0.05) is 41.9 Å². The van der Waals surface area contributed by atoms with E-state index in [0.717, 1.165) is 18.1 Å². The number of carbonyl (C=O) groups is 2. The first-order valence-corrected chi connectivity index (χ1v) is 8.92. The molecule has 3 N–H and O–H groups in total. The molecule has 7 heteroatoms. The number of hydrogen-bond donors (Lipinski definition) is 3. The van der Waals surface area contributed by atoms with E-state index >= 15 is 0 Å². The van der Waals surface area contributed by atoms with Gasteiger partial charge >= 0.3 is 0 Å². The maximum absolute atomic E-state index is 12.1. The molecule has 24 heavy (non-hydrogen) atoms. The molecule has 0 aliphatic carbocycles. The molecular weight excluding hydrogens is 326 g/mol. The van der Waals surface area contributed by atoms with Crippen LogP contribution in [-0.4, -0.2) is 35.9 Å². The van der Waals surface area contributed by atoms with Crippen LogP contribution in [0, 0.1) is 0 Å². The Labute approximate surface area is 144 Å². The van der Waals surface area contributed by atoms with Gasteiger partial charge in [0.25, 0.3) is 5.91 Å². The smallest absolute Gasteiger partial charge is 0.291 e. The van der Waals surface area contributed by atoms with Crippen LogP contribution in [0.5, 0.6) is 0 Å². The summed E-state index contributed by atoms with van der Waals surface area (Å²) < 4.78 is 5.04. The lowest BCUT2D eigenvalue weighted by Gasteiger charge is -2.22. The Morgan fingerprint density at radius 1 is 1.17 bits per heavy atom. The van der Waals surface area contributed by atoms with E-state index in [1.165, 1.54) is 6.26 Å². The average Bonchev–Trinajstić information content (AvgIpc) is 3.12. The summed E-state index contributed by atoms with van der Waals surface area (Å²) in [6.45, 7) is 0.951. The van der Waals surface area contributed by atoms with Crippen LogP contribution in [0.25, 0.3) is 0 Å². The summed E-state index contributed by atoms with van der Waals surface area (Å²) in [6, 6.07) is 10.5. The number of hydrogen-bond acceptors (Lipinski definition) is 5. The molecule has 2 amide bonds. The van der Waals surface area contributed by atoms with Crippen LogP contribution in [-0.2, 0) is 4.79 Å². The second-order valence-electron chi connectivity index (χ2n) is 5.49. The normalized spacial score (nSPS) is 17.2. The fourth-order valence-corrected chi connectivity index (χ4v) is 3.37. The summed E-state index contributed by atoms with van der Waals surface area (Å²) in [5.41, 5.74) is 1.35. The second-order valence-corrected chi connectivity index (χ2v) is 6.64. The SMILES string of the molecule is O=C(CC1CSCCN1)Nc1ccc(NC(=O)c2ccco2)cc1. The van der Waals surface area contributed by atoms with E-state index in [-0.39, 0.29) is 23.6 Å². The van der Waals surface area contributed by atoms with E-state index in [4.69, 9.17) is 4.42 Å². The molecule has 3 rings (SSSR count). The van der Waals surface area contributed by atoms with Crippen LogP contribution >= 0.6 is 11.8 Å². The van der Waals surface area contributed by atoms with Gasteiger partial charge in [-0.1, -0.05) is 0 Å². The van der Waals surface area contributed by atoms with Gasteiger partial charge in [0.15, 0.2) is 5.76 Å². The molecule has 1 aliphatic heterocycles. The molecule has 0 saturated carbocycles. The van der Waals surface area contributed by atoms with Crippen LogP contribution in [0.15, 0.2) is 47.1 Å². The molecule has 2 heterocycles. The summed E-state index contributed by atoms with van der Waals surface area (Å²) in [5, 5.41) is 8.95. The number of thioether (sulfide) groups is 1. The zero-order valence-electron chi connectivity index (χ0n) is 13.1. The molecule has 1 saturated heterocycles. The molecule has 0 radical (unpaired) electrons. The highest BCUT2D eigenvalue weighted by atomic mass is 32.2. The molecule has 2 aromatic rings. The quantitative estimate of drug-likeness (QED) is 0.776. The highest BCUT2D eigenvalue weighted by molar-refractivity contribution is 7.99. The molecule has 1 aromatic carbocycles. The van der Waals surface area contributed by atoms with Crippen molar-refractivity contribution in [3.05, 3.63) is 48.4 Å². The number of carbonyl (C=O) groups excluding carboxylic acids is 2. The van der Waals surface area contributed by atoms with E-state index in [1.807, 2.05) is 11.8 Å². The summed E-state index contributed by atoms with van der Waals surface area (Å²) >= 11 is 1.87. The predicted molar refractivity (Wildman–Crippen MR) is 95.5 cm³/mol. The van der Waals surface area contributed by atoms with Gasteiger partial charge in [0.05, 0.1) is 6.26 Å². The first kappa shape index (κ1) is 16.6. The van der Waals surface area contributed by atoms with Gasteiger partial charge in [0.1, 0.15) is 0 Å². The van der Waals surface area contributed by atoms with E-state index in [0.29, 0.717) is 17.8 Å². The first-order chi connectivity index (χ1) is 11.7. The molecule has 1 unspecified atom stereocenters. The maximum Gasteiger partial charge on any atom is 0.291 e. The van der Waals surface area contributed by atoms with Crippen molar-refractivity contribution in [1.29, 1.82) is 0 Å². The van der Waals surface area contributed by atoms with Crippen LogP contribution < -0.4 is 16.0 Å². The zero-order chi connectivity index (χ0) is 16.8. The topological polar surface area (TPSA) is 83.4 Å². The van der Waals surface area contributed by atoms with E-state index < -0.39 is 0 Å². The molecule has 1 aliphatic rings. The van der Waals surface area contributed by atoms with Crippen molar-refractivity contribution in [3.63, 3.8) is 0 Å². The van der Waals surface area contributed by atoms with Gasteiger partial charge in [-0.25, -0.2) is 0 Å². The van der Waals surface area contributed by atoms with Gasteiger partial charge in [-0.2, -0.15) is 11.8 Å². The Hall–Kier alpha value is -2.25. The van der Waals surface area contributed by atoms with Crippen molar-refractivity contribution in [2.24, 2.45) is 0 Å². The minimum atomic E-state index is -0.308. The molecular formula is C17H19N3O3S. The lowest BCUT2D eigenvalue weighted by atomic mass is 10.2. The summed E-state index contributed by atoms with van der Waals surface area (Å²) in [4.78, 5) is 23.9. The molecule has 126 valence electrons. The van der Waals surface area contributed by atoms with Crippen LogP contribution in [0.3, 0.4) is 0 Å². The minimum absolute atomic E-state index is 0.0117. The maximum atomic E-state index is 12.1. The van der Waals surface area contributed by atoms with Crippen molar-refractivity contribution in [2.75, 3.05) is 28.7 Å². The predicted octanol–water partition coefficient (Wildman–Crippen LogP) is 2.57. The first-order valence-electron chi connectivity index (χ1n) is 7.76. The molecule has 1 fully saturated rings. The summed E-state index contributed by atoms with van der Waals surface area (Å²) in [6.07, 6.45) is 1.91. The Bertz CT molecular complexity index is 680. The molecule has 1 atom stereocenters. The number of amides is 2. The lowest BCUT2D eigenvalue weighted by molar-refractivity contribution is -0.116. The van der Waals surface area contributed by atoms with Crippen LogP contribution in [0.1, 0.15) is 17.0 Å². The third kappa shape index (κ3) is 4.62. The molecule has 6 nitrogen and oxygen atoms in total. The number of anilines is 2. The number of furan rings is 1. The molecule has 0 bridgehead atoms. The highest BCUT2D eigenvalue weighted by Gasteiger charge is 2.16. The van der Waals surface area contributed by atoms with Crippen LogP contribution in [0.2, 0.25) is 0 Å². The van der Waals surface area contributed by atoms with Gasteiger partial charge in [-0.3, -0.25) is 9.59 Å². The van der Waals surface area contributed by atoms with Gasteiger partial charge < -0.3 is 20.4 Å². The summed E-state index contributed by atoms with van der Waals surface area (Å²) in [7, 11) is 0. The zero-order valence-corrected chi connectivity index (χ0v) is 13.9. The Morgan fingerprint density at radius 3 is 2.54 bits per heavy atom. The Kier molecular flexibility index (Phi) is 5.55. The second kappa shape index (κ2) is 8.03. The standard InChI is InChI=1S/C17H19N3O3S/c21-16(10-14-11-24-9-7-18-14)19-12-3-5-13(6-4-12)20-17(22)15-2-1-8-23-15/h1-6,8,14,18H,7,9-11H2,(H,19,21)(H,20,22). The fourth-order valence-electron chi connectivity index (χ4n) is 2.42. The van der Waals surface area contributed by atoms with Crippen molar-refractivity contribution in [2.45, 2.75) is 12.5 Å². The van der Waals surface area contributed by atoms with Crippen molar-refractivity contribution in [3.8, 4) is 0 Å².